The first kappa shape index (κ1) is 9.71. The average molecular weight is 178 g/mol. The van der Waals surface area contributed by atoms with Gasteiger partial charge in [0.15, 0.2) is 11.6 Å². The predicted octanol–water partition coefficient (Wildman–Crippen LogP) is 2.32. The Labute approximate surface area is 78.2 Å². The van der Waals surface area contributed by atoms with Crippen molar-refractivity contribution in [3.05, 3.63) is 17.8 Å². The van der Waals surface area contributed by atoms with Crippen LogP contribution >= 0.6 is 0 Å². The maximum absolute atomic E-state index is 9.27. The number of pyridine rings is 1. The van der Waals surface area contributed by atoms with E-state index in [0.717, 1.165) is 12.1 Å². The third-order valence-electron chi connectivity index (χ3n) is 1.68. The summed E-state index contributed by atoms with van der Waals surface area (Å²) >= 11 is 0. The molecule has 0 saturated carbocycles. The molecule has 0 aromatic carbocycles. The molecule has 0 aliphatic rings. The Morgan fingerprint density at radius 1 is 1.54 bits per heavy atom. The molecule has 0 spiro atoms. The van der Waals surface area contributed by atoms with Crippen LogP contribution in [0, 0.1) is 5.92 Å². The third-order valence-corrected chi connectivity index (χ3v) is 1.68. The van der Waals surface area contributed by atoms with E-state index in [1.54, 1.807) is 6.07 Å². The van der Waals surface area contributed by atoms with E-state index in [4.69, 9.17) is 0 Å². The first-order chi connectivity index (χ1) is 6.13. The minimum atomic E-state index is 0.0857. The minimum Gasteiger partial charge on any atom is -0.504 e. The van der Waals surface area contributed by atoms with E-state index >= 15 is 0 Å². The second-order valence-corrected chi connectivity index (χ2v) is 3.40. The fraction of sp³-hybridized carbons (Fsp3) is 0.400. The van der Waals surface area contributed by atoms with Crippen LogP contribution in [0.4, 0.5) is 5.82 Å². The zero-order chi connectivity index (χ0) is 9.84. The smallest absolute Gasteiger partial charge is 0.194 e. The summed E-state index contributed by atoms with van der Waals surface area (Å²) < 4.78 is 0. The van der Waals surface area contributed by atoms with Crippen LogP contribution in [0.15, 0.2) is 17.1 Å². The van der Waals surface area contributed by atoms with Gasteiger partial charge in [-0.15, -0.1) is 0 Å². The van der Waals surface area contributed by atoms with E-state index in [1.165, 1.54) is 0 Å². The molecule has 0 fully saturated rings. The van der Waals surface area contributed by atoms with Crippen molar-refractivity contribution in [3.63, 3.8) is 0 Å². The van der Waals surface area contributed by atoms with Crippen LogP contribution in [0.3, 0.4) is 0 Å². The third kappa shape index (κ3) is 2.54. The highest BCUT2D eigenvalue weighted by molar-refractivity contribution is 5.49. The highest BCUT2D eigenvalue weighted by atomic mass is 16.3. The number of aromatic nitrogens is 1. The van der Waals surface area contributed by atoms with Gasteiger partial charge >= 0.3 is 0 Å². The lowest BCUT2D eigenvalue weighted by Crippen LogP contribution is -1.96. The van der Waals surface area contributed by atoms with E-state index < -0.39 is 0 Å². The van der Waals surface area contributed by atoms with Gasteiger partial charge in [0.1, 0.15) is 0 Å². The molecule has 1 aromatic heterocycles. The molecular formula is C10H14N2O. The van der Waals surface area contributed by atoms with Gasteiger partial charge in [-0.1, -0.05) is 13.8 Å². The van der Waals surface area contributed by atoms with Crippen LogP contribution in [0.5, 0.6) is 5.75 Å². The Kier molecular flexibility index (Phi) is 3.01. The summed E-state index contributed by atoms with van der Waals surface area (Å²) in [7, 11) is 0. The minimum absolute atomic E-state index is 0.0857. The second kappa shape index (κ2) is 4.03. The molecule has 3 heteroatoms. The Morgan fingerprint density at radius 2 is 2.23 bits per heavy atom. The van der Waals surface area contributed by atoms with Crippen molar-refractivity contribution < 1.29 is 5.11 Å². The molecule has 0 saturated heterocycles. The summed E-state index contributed by atoms with van der Waals surface area (Å²) in [5.41, 5.74) is 0.940. The number of aliphatic imine (C=N–C) groups is 1. The topological polar surface area (TPSA) is 45.5 Å². The normalized spacial score (nSPS) is 10.4. The van der Waals surface area contributed by atoms with Crippen molar-refractivity contribution in [1.29, 1.82) is 0 Å². The first-order valence-corrected chi connectivity index (χ1v) is 4.29. The van der Waals surface area contributed by atoms with Gasteiger partial charge < -0.3 is 5.11 Å². The number of aromatic hydroxyl groups is 1. The van der Waals surface area contributed by atoms with E-state index in [-0.39, 0.29) is 5.75 Å². The van der Waals surface area contributed by atoms with Gasteiger partial charge in [-0.3, -0.25) is 0 Å². The molecule has 1 heterocycles. The number of hydrogen-bond donors (Lipinski definition) is 1. The van der Waals surface area contributed by atoms with Crippen LogP contribution in [-0.2, 0) is 6.42 Å². The van der Waals surface area contributed by atoms with Gasteiger partial charge in [-0.2, -0.15) is 0 Å². The molecule has 13 heavy (non-hydrogen) atoms. The lowest BCUT2D eigenvalue weighted by Gasteiger charge is -2.05. The lowest BCUT2D eigenvalue weighted by molar-refractivity contribution is 0.473. The largest absolute Gasteiger partial charge is 0.504 e. The van der Waals surface area contributed by atoms with Crippen molar-refractivity contribution in [3.8, 4) is 5.75 Å². The highest BCUT2D eigenvalue weighted by Gasteiger charge is 2.03. The first-order valence-electron chi connectivity index (χ1n) is 4.29. The van der Waals surface area contributed by atoms with Crippen molar-refractivity contribution in [2.45, 2.75) is 20.3 Å². The maximum atomic E-state index is 9.27. The molecule has 3 nitrogen and oxygen atoms in total. The molecule has 0 atom stereocenters. The predicted molar refractivity (Wildman–Crippen MR) is 53.7 cm³/mol. The van der Waals surface area contributed by atoms with Crippen molar-refractivity contribution in [2.24, 2.45) is 10.9 Å². The summed E-state index contributed by atoms with van der Waals surface area (Å²) in [5.74, 6) is 0.954. The quantitative estimate of drug-likeness (QED) is 0.722. The van der Waals surface area contributed by atoms with Crippen molar-refractivity contribution in [1.82, 2.24) is 4.98 Å². The molecule has 0 bridgehead atoms. The monoisotopic (exact) mass is 178 g/mol. The summed E-state index contributed by atoms with van der Waals surface area (Å²) in [5, 5.41) is 9.27. The molecule has 0 amide bonds. The fourth-order valence-electron chi connectivity index (χ4n) is 1.13. The summed E-state index contributed by atoms with van der Waals surface area (Å²) in [4.78, 5) is 7.78. The van der Waals surface area contributed by atoms with Gasteiger partial charge in [0.2, 0.25) is 0 Å². The maximum Gasteiger partial charge on any atom is 0.194 e. The zero-order valence-corrected chi connectivity index (χ0v) is 7.99. The molecule has 70 valence electrons. The van der Waals surface area contributed by atoms with Crippen LogP contribution in [0.2, 0.25) is 0 Å². The number of rotatable bonds is 3. The summed E-state index contributed by atoms with van der Waals surface area (Å²) in [6.45, 7) is 7.58. The molecular weight excluding hydrogens is 164 g/mol. The van der Waals surface area contributed by atoms with E-state index in [9.17, 15) is 5.11 Å². The molecule has 1 N–H and O–H groups in total. The van der Waals surface area contributed by atoms with E-state index in [2.05, 4.69) is 30.5 Å². The molecule has 1 rings (SSSR count). The number of hydrogen-bond acceptors (Lipinski definition) is 3. The Hall–Kier alpha value is -1.38. The summed E-state index contributed by atoms with van der Waals surface area (Å²) in [6.07, 6.45) is 0.892. The van der Waals surface area contributed by atoms with Gasteiger partial charge in [-0.25, -0.2) is 9.98 Å². The Bertz CT molecular complexity index is 308. The molecule has 0 radical (unpaired) electrons. The molecule has 0 aliphatic carbocycles. The van der Waals surface area contributed by atoms with Gasteiger partial charge in [0.05, 0.1) is 0 Å². The van der Waals surface area contributed by atoms with Gasteiger partial charge in [-0.05, 0) is 31.2 Å². The van der Waals surface area contributed by atoms with E-state index in [0.29, 0.717) is 11.7 Å². The van der Waals surface area contributed by atoms with E-state index in [1.807, 2.05) is 6.07 Å². The zero-order valence-electron chi connectivity index (χ0n) is 7.99. The molecule has 1 aromatic rings. The van der Waals surface area contributed by atoms with Gasteiger partial charge in [0.25, 0.3) is 0 Å². The van der Waals surface area contributed by atoms with Crippen LogP contribution in [-0.4, -0.2) is 16.8 Å². The highest BCUT2D eigenvalue weighted by Crippen LogP contribution is 2.23. The summed E-state index contributed by atoms with van der Waals surface area (Å²) in [6, 6.07) is 3.42. The average Bonchev–Trinajstić information content (AvgIpc) is 2.07. The van der Waals surface area contributed by atoms with Crippen LogP contribution in [0.1, 0.15) is 19.5 Å². The van der Waals surface area contributed by atoms with Crippen molar-refractivity contribution in [2.75, 3.05) is 0 Å². The van der Waals surface area contributed by atoms with Crippen LogP contribution in [0.25, 0.3) is 0 Å². The SMILES string of the molecule is C=Nc1nc(CC(C)C)ccc1O. The Morgan fingerprint density at radius 3 is 2.77 bits per heavy atom. The Balaban J connectivity index is 2.92. The molecule has 0 aliphatic heterocycles. The van der Waals surface area contributed by atoms with Crippen molar-refractivity contribution >= 4 is 12.5 Å². The number of nitrogens with zero attached hydrogens (tertiary/aromatic N) is 2. The van der Waals surface area contributed by atoms with Crippen LogP contribution < -0.4 is 0 Å². The van der Waals surface area contributed by atoms with Gasteiger partial charge in [0, 0.05) is 5.69 Å². The molecule has 0 unspecified atom stereocenters. The second-order valence-electron chi connectivity index (χ2n) is 3.40. The lowest BCUT2D eigenvalue weighted by atomic mass is 10.1. The standard InChI is InChI=1S/C10H14N2O/c1-7(2)6-8-4-5-9(13)10(11-3)12-8/h4-5,7,13H,3,6H2,1-2H3. The fourth-order valence-corrected chi connectivity index (χ4v) is 1.13.